The van der Waals surface area contributed by atoms with E-state index in [0.29, 0.717) is 16.8 Å². The second kappa shape index (κ2) is 5.46. The summed E-state index contributed by atoms with van der Waals surface area (Å²) in [5.41, 5.74) is -0.446. The Kier molecular flexibility index (Phi) is 4.06. The monoisotopic (exact) mass is 322 g/mol. The van der Waals surface area contributed by atoms with E-state index in [1.807, 2.05) is 0 Å². The zero-order valence-corrected chi connectivity index (χ0v) is 11.5. The summed E-state index contributed by atoms with van der Waals surface area (Å²) in [4.78, 5) is 6.70. The van der Waals surface area contributed by atoms with E-state index in [0.717, 1.165) is 5.56 Å². The van der Waals surface area contributed by atoms with Gasteiger partial charge in [-0.3, -0.25) is 0 Å². The molecule has 20 heavy (non-hydrogen) atoms. The molecule has 2 aromatic rings. The molecule has 1 heterocycles. The van der Waals surface area contributed by atoms with Gasteiger partial charge in [-0.2, -0.15) is 18.2 Å². The summed E-state index contributed by atoms with van der Waals surface area (Å²) < 4.78 is 43.0. The van der Waals surface area contributed by atoms with Crippen LogP contribution in [0.25, 0.3) is 0 Å². The lowest BCUT2D eigenvalue weighted by atomic mass is 10.2. The van der Waals surface area contributed by atoms with Gasteiger partial charge in [-0.25, -0.2) is 4.98 Å². The third-order valence-electron chi connectivity index (χ3n) is 2.32. The Labute approximate surface area is 122 Å². The normalized spacial score (nSPS) is 11.5. The fourth-order valence-corrected chi connectivity index (χ4v) is 1.69. The van der Waals surface area contributed by atoms with Crippen molar-refractivity contribution in [3.8, 4) is 11.6 Å². The van der Waals surface area contributed by atoms with Crippen LogP contribution >= 0.6 is 23.2 Å². The first-order valence-electron chi connectivity index (χ1n) is 5.31. The molecule has 1 aromatic heterocycles. The number of halogens is 5. The maximum atomic E-state index is 12.6. The molecule has 0 unspecified atom stereocenters. The standard InChI is InChI=1S/C12H7Cl2F3N2O/c1-6-4-7(2-3-8(6)13)20-10-5-9(12(15,16)17)18-11(14)19-10/h2-5H,1H3. The van der Waals surface area contributed by atoms with Crippen LogP contribution < -0.4 is 4.74 Å². The molecule has 0 amide bonds. The molecule has 0 aliphatic rings. The number of ether oxygens (including phenoxy) is 1. The van der Waals surface area contributed by atoms with Crippen molar-refractivity contribution in [2.75, 3.05) is 0 Å². The molecule has 1 aromatic carbocycles. The van der Waals surface area contributed by atoms with Crippen molar-refractivity contribution in [3.05, 3.63) is 45.8 Å². The molecule has 0 fully saturated rings. The van der Waals surface area contributed by atoms with Gasteiger partial charge in [-0.15, -0.1) is 0 Å². The minimum Gasteiger partial charge on any atom is -0.439 e. The van der Waals surface area contributed by atoms with Crippen LogP contribution in [0.4, 0.5) is 13.2 Å². The summed E-state index contributed by atoms with van der Waals surface area (Å²) in [6, 6.07) is 5.33. The fraction of sp³-hybridized carbons (Fsp3) is 0.167. The Morgan fingerprint density at radius 2 is 1.80 bits per heavy atom. The van der Waals surface area contributed by atoms with Crippen LogP contribution in [-0.4, -0.2) is 9.97 Å². The molecule has 0 saturated heterocycles. The fourth-order valence-electron chi connectivity index (χ4n) is 1.40. The molecule has 2 rings (SSSR count). The van der Waals surface area contributed by atoms with Gasteiger partial charge in [0.1, 0.15) is 5.75 Å². The molecular formula is C12H7Cl2F3N2O. The Balaban J connectivity index is 2.33. The van der Waals surface area contributed by atoms with Crippen molar-refractivity contribution < 1.29 is 17.9 Å². The Morgan fingerprint density at radius 1 is 1.10 bits per heavy atom. The molecule has 0 N–H and O–H groups in total. The molecule has 0 atom stereocenters. The average molecular weight is 323 g/mol. The van der Waals surface area contributed by atoms with Crippen molar-refractivity contribution >= 4 is 23.2 Å². The SMILES string of the molecule is Cc1cc(Oc2cc(C(F)(F)F)nc(Cl)n2)ccc1Cl. The van der Waals surface area contributed by atoms with E-state index in [4.69, 9.17) is 27.9 Å². The number of alkyl halides is 3. The molecule has 0 spiro atoms. The summed E-state index contributed by atoms with van der Waals surface area (Å²) in [5, 5.41) is -0.0189. The first kappa shape index (κ1) is 14.9. The number of hydrogen-bond donors (Lipinski definition) is 0. The van der Waals surface area contributed by atoms with Gasteiger partial charge < -0.3 is 4.74 Å². The highest BCUT2D eigenvalue weighted by Crippen LogP contribution is 2.32. The van der Waals surface area contributed by atoms with E-state index in [-0.39, 0.29) is 5.88 Å². The quantitative estimate of drug-likeness (QED) is 0.737. The van der Waals surface area contributed by atoms with Crippen LogP contribution in [0.3, 0.4) is 0 Å². The van der Waals surface area contributed by atoms with Gasteiger partial charge in [0, 0.05) is 11.1 Å². The van der Waals surface area contributed by atoms with E-state index in [2.05, 4.69) is 9.97 Å². The van der Waals surface area contributed by atoms with Crippen molar-refractivity contribution in [2.45, 2.75) is 13.1 Å². The smallest absolute Gasteiger partial charge is 0.433 e. The lowest BCUT2D eigenvalue weighted by Crippen LogP contribution is -2.09. The molecule has 0 radical (unpaired) electrons. The summed E-state index contributed by atoms with van der Waals surface area (Å²) in [6.07, 6.45) is -4.62. The summed E-state index contributed by atoms with van der Waals surface area (Å²) in [7, 11) is 0. The Bertz CT molecular complexity index is 647. The van der Waals surface area contributed by atoms with Gasteiger partial charge in [0.15, 0.2) is 5.69 Å². The van der Waals surface area contributed by atoms with Crippen LogP contribution in [0.15, 0.2) is 24.3 Å². The number of benzene rings is 1. The van der Waals surface area contributed by atoms with Gasteiger partial charge in [0.05, 0.1) is 0 Å². The van der Waals surface area contributed by atoms with Crippen LogP contribution in [0.2, 0.25) is 10.3 Å². The van der Waals surface area contributed by atoms with Crippen molar-refractivity contribution in [2.24, 2.45) is 0 Å². The van der Waals surface area contributed by atoms with Gasteiger partial charge >= 0.3 is 6.18 Å². The van der Waals surface area contributed by atoms with Crippen LogP contribution in [0.5, 0.6) is 11.6 Å². The first-order valence-corrected chi connectivity index (χ1v) is 6.07. The van der Waals surface area contributed by atoms with Gasteiger partial charge in [0.2, 0.25) is 11.2 Å². The minimum absolute atomic E-state index is 0.293. The number of rotatable bonds is 2. The lowest BCUT2D eigenvalue weighted by Gasteiger charge is -2.09. The van der Waals surface area contributed by atoms with Crippen LogP contribution in [0, 0.1) is 6.92 Å². The second-order valence-corrected chi connectivity index (χ2v) is 4.62. The Hall–Kier alpha value is -1.53. The maximum Gasteiger partial charge on any atom is 0.433 e. The molecule has 3 nitrogen and oxygen atoms in total. The summed E-state index contributed by atoms with van der Waals surface area (Å²) in [5.74, 6) is 0.00818. The van der Waals surface area contributed by atoms with Crippen LogP contribution in [-0.2, 0) is 6.18 Å². The Morgan fingerprint density at radius 3 is 2.40 bits per heavy atom. The first-order chi connectivity index (χ1) is 9.25. The molecule has 106 valence electrons. The van der Waals surface area contributed by atoms with Gasteiger partial charge in [-0.05, 0) is 42.3 Å². The predicted molar refractivity (Wildman–Crippen MR) is 68.3 cm³/mol. The highest BCUT2D eigenvalue weighted by atomic mass is 35.5. The van der Waals surface area contributed by atoms with E-state index >= 15 is 0 Å². The summed E-state index contributed by atoms with van der Waals surface area (Å²) >= 11 is 11.3. The molecule has 0 aliphatic carbocycles. The van der Waals surface area contributed by atoms with E-state index in [9.17, 15) is 13.2 Å². The van der Waals surface area contributed by atoms with E-state index < -0.39 is 17.2 Å². The molecule has 0 bridgehead atoms. The third kappa shape index (κ3) is 3.52. The average Bonchev–Trinajstić information content (AvgIpc) is 2.32. The highest BCUT2D eigenvalue weighted by molar-refractivity contribution is 6.31. The van der Waals surface area contributed by atoms with Crippen molar-refractivity contribution in [1.82, 2.24) is 9.97 Å². The number of hydrogen-bond acceptors (Lipinski definition) is 3. The number of aryl methyl sites for hydroxylation is 1. The number of nitrogens with zero attached hydrogens (tertiary/aromatic N) is 2. The van der Waals surface area contributed by atoms with E-state index in [1.165, 1.54) is 6.07 Å². The predicted octanol–water partition coefficient (Wildman–Crippen LogP) is 4.90. The summed E-state index contributed by atoms with van der Waals surface area (Å²) in [6.45, 7) is 1.74. The second-order valence-electron chi connectivity index (χ2n) is 3.87. The largest absolute Gasteiger partial charge is 0.439 e. The molecular weight excluding hydrogens is 316 g/mol. The van der Waals surface area contributed by atoms with Gasteiger partial charge in [0.25, 0.3) is 0 Å². The third-order valence-corrected chi connectivity index (χ3v) is 2.91. The zero-order chi connectivity index (χ0) is 14.9. The topological polar surface area (TPSA) is 35.0 Å². The molecule has 0 aliphatic heterocycles. The number of aromatic nitrogens is 2. The maximum absolute atomic E-state index is 12.6. The molecule has 0 saturated carbocycles. The van der Waals surface area contributed by atoms with Gasteiger partial charge in [-0.1, -0.05) is 11.6 Å². The minimum atomic E-state index is -4.62. The van der Waals surface area contributed by atoms with Crippen molar-refractivity contribution in [1.29, 1.82) is 0 Å². The molecule has 8 heteroatoms. The lowest BCUT2D eigenvalue weighted by molar-refractivity contribution is -0.141. The zero-order valence-electron chi connectivity index (χ0n) is 10.0. The van der Waals surface area contributed by atoms with Crippen LogP contribution in [0.1, 0.15) is 11.3 Å². The highest BCUT2D eigenvalue weighted by Gasteiger charge is 2.34. The van der Waals surface area contributed by atoms with Crippen molar-refractivity contribution in [3.63, 3.8) is 0 Å². The van der Waals surface area contributed by atoms with E-state index in [1.54, 1.807) is 19.1 Å².